The Morgan fingerprint density at radius 2 is 1.94 bits per heavy atom. The minimum absolute atomic E-state index is 0.798. The molecule has 4 rings (SSSR count). The molecule has 1 saturated heterocycles. The fourth-order valence-corrected chi connectivity index (χ4v) is 2.81. The molecule has 4 heterocycles. The van der Waals surface area contributed by atoms with Crippen LogP contribution in [0.25, 0.3) is 11.0 Å². The number of anilines is 2. The molecule has 6 nitrogen and oxygen atoms in total. The fourth-order valence-electron chi connectivity index (χ4n) is 2.81. The van der Waals surface area contributed by atoms with Gasteiger partial charge in [0, 0.05) is 25.3 Å². The smallest absolute Gasteiger partial charge is 0.229 e. The van der Waals surface area contributed by atoms with Gasteiger partial charge < -0.3 is 10.2 Å². The molecule has 2 aromatic heterocycles. The Hall–Kier alpha value is -1.85. The molecule has 94 valence electrons. The van der Waals surface area contributed by atoms with E-state index in [0.717, 1.165) is 61.0 Å². The summed E-state index contributed by atoms with van der Waals surface area (Å²) in [7, 11) is 0. The van der Waals surface area contributed by atoms with Crippen LogP contribution < -0.4 is 10.2 Å². The number of hydrogen-bond acceptors (Lipinski definition) is 5. The summed E-state index contributed by atoms with van der Waals surface area (Å²) >= 11 is 0. The van der Waals surface area contributed by atoms with Crippen molar-refractivity contribution in [2.75, 3.05) is 29.9 Å². The van der Waals surface area contributed by atoms with Gasteiger partial charge in [0.1, 0.15) is 5.82 Å². The van der Waals surface area contributed by atoms with E-state index < -0.39 is 0 Å². The molecule has 0 radical (unpaired) electrons. The summed E-state index contributed by atoms with van der Waals surface area (Å²) in [6.45, 7) is 3.08. The molecule has 0 amide bonds. The zero-order valence-electron chi connectivity index (χ0n) is 10.2. The molecular formula is C12H16N6. The van der Waals surface area contributed by atoms with Crippen LogP contribution in [0.2, 0.25) is 0 Å². The molecule has 0 aliphatic carbocycles. The largest absolute Gasteiger partial charge is 0.369 e. The topological polar surface area (TPSA) is 69.7 Å². The fraction of sp³-hybridized carbons (Fsp3) is 0.583. The number of aromatic amines is 1. The van der Waals surface area contributed by atoms with E-state index in [1.807, 2.05) is 0 Å². The van der Waals surface area contributed by atoms with Crippen LogP contribution in [0.4, 0.5) is 11.8 Å². The molecule has 1 fully saturated rings. The molecule has 18 heavy (non-hydrogen) atoms. The zero-order chi connectivity index (χ0) is 11.9. The Morgan fingerprint density at radius 3 is 2.83 bits per heavy atom. The number of aryl methyl sites for hydroxylation is 1. The van der Waals surface area contributed by atoms with E-state index in [1.165, 1.54) is 12.8 Å². The predicted octanol–water partition coefficient (Wildman–Crippen LogP) is 1.31. The molecule has 2 aliphatic heterocycles. The molecule has 0 unspecified atom stereocenters. The van der Waals surface area contributed by atoms with E-state index in [9.17, 15) is 0 Å². The first kappa shape index (κ1) is 10.1. The van der Waals surface area contributed by atoms with E-state index in [2.05, 4.69) is 30.4 Å². The third kappa shape index (κ3) is 1.45. The van der Waals surface area contributed by atoms with Crippen molar-refractivity contribution in [1.29, 1.82) is 0 Å². The molecule has 0 saturated carbocycles. The maximum absolute atomic E-state index is 4.69. The zero-order valence-corrected chi connectivity index (χ0v) is 10.2. The lowest BCUT2D eigenvalue weighted by molar-refractivity contribution is 0.835. The number of hydrogen-bond donors (Lipinski definition) is 2. The van der Waals surface area contributed by atoms with Crippen LogP contribution in [-0.2, 0) is 6.42 Å². The Labute approximate surface area is 105 Å². The van der Waals surface area contributed by atoms with Gasteiger partial charge in [-0.15, -0.1) is 0 Å². The first-order valence-corrected chi connectivity index (χ1v) is 6.65. The van der Waals surface area contributed by atoms with Crippen molar-refractivity contribution < 1.29 is 0 Å². The standard InChI is InChI=1S/C12H16N6/c1-2-7-18(6-1)12-14-10-9-8(4-3-5-13-10)16-17-11(9)15-12/h1-7H2,(H2,13,14,15,16,17). The Balaban J connectivity index is 1.88. The van der Waals surface area contributed by atoms with Crippen LogP contribution in [0.15, 0.2) is 0 Å². The summed E-state index contributed by atoms with van der Waals surface area (Å²) in [5.74, 6) is 1.77. The Kier molecular flexibility index (Phi) is 2.15. The van der Waals surface area contributed by atoms with Crippen LogP contribution in [0.3, 0.4) is 0 Å². The highest BCUT2D eigenvalue weighted by molar-refractivity contribution is 5.90. The van der Waals surface area contributed by atoms with Crippen LogP contribution in [0, 0.1) is 0 Å². The highest BCUT2D eigenvalue weighted by atomic mass is 15.3. The average molecular weight is 244 g/mol. The highest BCUT2D eigenvalue weighted by Gasteiger charge is 2.21. The number of nitrogens with one attached hydrogen (secondary N) is 2. The summed E-state index contributed by atoms with van der Waals surface area (Å²) in [5, 5.41) is 11.9. The van der Waals surface area contributed by atoms with Crippen molar-refractivity contribution >= 4 is 22.8 Å². The number of nitrogens with zero attached hydrogens (tertiary/aromatic N) is 4. The summed E-state index contributed by atoms with van der Waals surface area (Å²) in [4.78, 5) is 11.5. The second-order valence-corrected chi connectivity index (χ2v) is 5.00. The first-order chi connectivity index (χ1) is 8.92. The quantitative estimate of drug-likeness (QED) is 0.791. The molecule has 0 spiro atoms. The molecule has 0 atom stereocenters. The molecule has 2 aromatic rings. The van der Waals surface area contributed by atoms with Crippen molar-refractivity contribution in [3.05, 3.63) is 5.69 Å². The minimum atomic E-state index is 0.798. The third-order valence-corrected chi connectivity index (χ3v) is 3.76. The van der Waals surface area contributed by atoms with Crippen LogP contribution in [0.1, 0.15) is 25.0 Å². The van der Waals surface area contributed by atoms with Crippen molar-refractivity contribution in [2.45, 2.75) is 25.7 Å². The third-order valence-electron chi connectivity index (χ3n) is 3.76. The molecule has 0 bridgehead atoms. The van der Waals surface area contributed by atoms with Crippen molar-refractivity contribution in [3.8, 4) is 0 Å². The van der Waals surface area contributed by atoms with E-state index in [-0.39, 0.29) is 0 Å². The average Bonchev–Trinajstić information content (AvgIpc) is 2.99. The second-order valence-electron chi connectivity index (χ2n) is 5.00. The van der Waals surface area contributed by atoms with Crippen molar-refractivity contribution in [1.82, 2.24) is 20.2 Å². The minimum Gasteiger partial charge on any atom is -0.369 e. The van der Waals surface area contributed by atoms with E-state index in [0.29, 0.717) is 0 Å². The molecule has 0 aromatic carbocycles. The number of rotatable bonds is 1. The van der Waals surface area contributed by atoms with Gasteiger partial charge in [0.2, 0.25) is 5.95 Å². The Morgan fingerprint density at radius 1 is 1.06 bits per heavy atom. The van der Waals surface area contributed by atoms with Gasteiger partial charge in [0.15, 0.2) is 5.65 Å². The van der Waals surface area contributed by atoms with Gasteiger partial charge in [0.25, 0.3) is 0 Å². The molecular weight excluding hydrogens is 228 g/mol. The number of H-pyrrole nitrogens is 1. The maximum Gasteiger partial charge on any atom is 0.229 e. The summed E-state index contributed by atoms with van der Waals surface area (Å²) in [6.07, 6.45) is 4.58. The molecule has 2 N–H and O–H groups in total. The van der Waals surface area contributed by atoms with Crippen molar-refractivity contribution in [3.63, 3.8) is 0 Å². The maximum atomic E-state index is 4.69. The number of aromatic nitrogens is 4. The van der Waals surface area contributed by atoms with Gasteiger partial charge in [0.05, 0.1) is 5.39 Å². The second kappa shape index (κ2) is 3.83. The van der Waals surface area contributed by atoms with Gasteiger partial charge in [-0.2, -0.15) is 15.1 Å². The van der Waals surface area contributed by atoms with Gasteiger partial charge in [-0.05, 0) is 25.7 Å². The normalized spacial score (nSPS) is 19.0. The predicted molar refractivity (Wildman–Crippen MR) is 69.9 cm³/mol. The Bertz CT molecular complexity index is 584. The lowest BCUT2D eigenvalue weighted by atomic mass is 10.2. The first-order valence-electron chi connectivity index (χ1n) is 6.65. The summed E-state index contributed by atoms with van der Waals surface area (Å²) in [6, 6.07) is 0. The highest BCUT2D eigenvalue weighted by Crippen LogP contribution is 2.28. The lowest BCUT2D eigenvalue weighted by Gasteiger charge is -2.15. The van der Waals surface area contributed by atoms with Crippen LogP contribution >= 0.6 is 0 Å². The van der Waals surface area contributed by atoms with Crippen LogP contribution in [-0.4, -0.2) is 39.8 Å². The van der Waals surface area contributed by atoms with Gasteiger partial charge in [-0.1, -0.05) is 0 Å². The lowest BCUT2D eigenvalue weighted by Crippen LogP contribution is -2.21. The van der Waals surface area contributed by atoms with E-state index in [4.69, 9.17) is 0 Å². The van der Waals surface area contributed by atoms with E-state index >= 15 is 0 Å². The molecule has 2 aliphatic rings. The summed E-state index contributed by atoms with van der Waals surface area (Å²) < 4.78 is 0. The van der Waals surface area contributed by atoms with Crippen molar-refractivity contribution in [2.24, 2.45) is 0 Å². The molecule has 6 heteroatoms. The van der Waals surface area contributed by atoms with E-state index in [1.54, 1.807) is 0 Å². The van der Waals surface area contributed by atoms with Crippen LogP contribution in [0.5, 0.6) is 0 Å². The SMILES string of the molecule is C1CNc2nc(N3CCCC3)nc3n[nH]c(c23)C1. The van der Waals surface area contributed by atoms with Gasteiger partial charge >= 0.3 is 0 Å². The summed E-state index contributed by atoms with van der Waals surface area (Å²) in [5.41, 5.74) is 1.96. The monoisotopic (exact) mass is 244 g/mol. The van der Waals surface area contributed by atoms with Gasteiger partial charge in [-0.3, -0.25) is 5.10 Å². The van der Waals surface area contributed by atoms with Gasteiger partial charge in [-0.25, -0.2) is 0 Å².